The lowest BCUT2D eigenvalue weighted by atomic mass is 10.1. The number of pyridine rings is 1. The maximum absolute atomic E-state index is 13.1. The fraction of sp³-hybridized carbons (Fsp3) is 0.143. The van der Waals surface area contributed by atoms with E-state index in [0.717, 1.165) is 22.9 Å². The van der Waals surface area contributed by atoms with Crippen molar-refractivity contribution in [2.75, 3.05) is 0 Å². The number of nitrogens with zero attached hydrogens (tertiary/aromatic N) is 3. The van der Waals surface area contributed by atoms with Crippen LogP contribution in [0.5, 0.6) is 0 Å². The Bertz CT molecular complexity index is 826. The third kappa shape index (κ3) is 3.16. The van der Waals surface area contributed by atoms with Crippen LogP contribution in [0, 0.1) is 27.3 Å². The standard InChI is InChI=1S/C14H10FN3O4/c15-11-3-1-2-9(4-11)13(19)8-17-7-12(18(21)22)5-10(6-16)14(17)20/h1-5,7,13,19H,8H2/t13-/m1/s1. The average Bonchev–Trinajstić information content (AvgIpc) is 2.49. The maximum atomic E-state index is 13.1. The van der Waals surface area contributed by atoms with Gasteiger partial charge in [-0.3, -0.25) is 14.9 Å². The van der Waals surface area contributed by atoms with Crippen molar-refractivity contribution in [1.29, 1.82) is 5.26 Å². The highest BCUT2D eigenvalue weighted by Crippen LogP contribution is 2.17. The number of aliphatic hydroxyl groups is 1. The van der Waals surface area contributed by atoms with Gasteiger partial charge < -0.3 is 9.67 Å². The summed E-state index contributed by atoms with van der Waals surface area (Å²) in [5, 5.41) is 29.7. The van der Waals surface area contributed by atoms with Crippen molar-refractivity contribution in [2.45, 2.75) is 12.6 Å². The van der Waals surface area contributed by atoms with Crippen LogP contribution in [0.3, 0.4) is 0 Å². The first-order valence-corrected chi connectivity index (χ1v) is 6.15. The molecule has 7 nitrogen and oxygen atoms in total. The average molecular weight is 303 g/mol. The molecule has 0 aliphatic rings. The zero-order valence-electron chi connectivity index (χ0n) is 11.1. The van der Waals surface area contributed by atoms with Crippen LogP contribution in [0.4, 0.5) is 10.1 Å². The van der Waals surface area contributed by atoms with Crippen LogP contribution < -0.4 is 5.56 Å². The largest absolute Gasteiger partial charge is 0.387 e. The number of hydrogen-bond acceptors (Lipinski definition) is 5. The van der Waals surface area contributed by atoms with Crippen LogP contribution in [0.1, 0.15) is 17.2 Å². The van der Waals surface area contributed by atoms with Gasteiger partial charge in [0, 0.05) is 6.07 Å². The van der Waals surface area contributed by atoms with E-state index in [4.69, 9.17) is 5.26 Å². The Hall–Kier alpha value is -3.05. The molecule has 1 aromatic carbocycles. The van der Waals surface area contributed by atoms with Gasteiger partial charge in [-0.1, -0.05) is 12.1 Å². The number of halogens is 1. The number of benzene rings is 1. The topological polar surface area (TPSA) is 109 Å². The van der Waals surface area contributed by atoms with Gasteiger partial charge in [-0.25, -0.2) is 4.39 Å². The molecule has 1 N–H and O–H groups in total. The van der Waals surface area contributed by atoms with Crippen molar-refractivity contribution in [3.05, 3.63) is 73.9 Å². The van der Waals surface area contributed by atoms with Crippen molar-refractivity contribution < 1.29 is 14.4 Å². The van der Waals surface area contributed by atoms with E-state index in [1.54, 1.807) is 6.07 Å². The molecule has 0 unspecified atom stereocenters. The lowest BCUT2D eigenvalue weighted by Gasteiger charge is -2.13. The molecule has 2 aromatic rings. The molecule has 22 heavy (non-hydrogen) atoms. The van der Waals surface area contributed by atoms with Crippen molar-refractivity contribution >= 4 is 5.69 Å². The second-order valence-corrected chi connectivity index (χ2v) is 4.51. The van der Waals surface area contributed by atoms with Gasteiger partial charge in [-0.15, -0.1) is 0 Å². The molecule has 8 heteroatoms. The van der Waals surface area contributed by atoms with Gasteiger partial charge in [0.15, 0.2) is 0 Å². The number of aromatic nitrogens is 1. The van der Waals surface area contributed by atoms with Gasteiger partial charge in [0.1, 0.15) is 17.4 Å². The number of hydrogen-bond donors (Lipinski definition) is 1. The molecule has 0 amide bonds. The molecule has 0 aliphatic heterocycles. The fourth-order valence-electron chi connectivity index (χ4n) is 1.94. The first kappa shape index (κ1) is 15.3. The summed E-state index contributed by atoms with van der Waals surface area (Å²) in [6.07, 6.45) is -0.312. The third-order valence-electron chi connectivity index (χ3n) is 3.01. The molecular formula is C14H10FN3O4. The van der Waals surface area contributed by atoms with E-state index in [9.17, 15) is 24.4 Å². The van der Waals surface area contributed by atoms with Crippen molar-refractivity contribution in [3.63, 3.8) is 0 Å². The molecule has 0 aliphatic carbocycles. The van der Waals surface area contributed by atoms with E-state index in [1.165, 1.54) is 18.2 Å². The van der Waals surface area contributed by atoms with Crippen LogP contribution >= 0.6 is 0 Å². The van der Waals surface area contributed by atoms with Crippen molar-refractivity contribution in [1.82, 2.24) is 4.57 Å². The highest BCUT2D eigenvalue weighted by Gasteiger charge is 2.17. The smallest absolute Gasteiger partial charge is 0.287 e. The quantitative estimate of drug-likeness (QED) is 0.680. The van der Waals surface area contributed by atoms with Crippen molar-refractivity contribution in [2.24, 2.45) is 0 Å². The minimum absolute atomic E-state index is 0.219. The summed E-state index contributed by atoms with van der Waals surface area (Å²) in [6, 6.07) is 7.59. The minimum Gasteiger partial charge on any atom is -0.387 e. The summed E-state index contributed by atoms with van der Waals surface area (Å²) in [4.78, 5) is 22.0. The molecule has 0 bridgehead atoms. The Morgan fingerprint density at radius 1 is 1.45 bits per heavy atom. The first-order chi connectivity index (χ1) is 10.4. The normalized spacial score (nSPS) is 11.7. The highest BCUT2D eigenvalue weighted by atomic mass is 19.1. The van der Waals surface area contributed by atoms with Crippen LogP contribution in [0.2, 0.25) is 0 Å². The second kappa shape index (κ2) is 6.15. The summed E-state index contributed by atoms with van der Waals surface area (Å²) in [5.74, 6) is -0.555. The maximum Gasteiger partial charge on any atom is 0.287 e. The Labute approximate surface area is 123 Å². The van der Waals surface area contributed by atoms with Gasteiger partial charge in [0.2, 0.25) is 0 Å². The number of rotatable bonds is 4. The number of nitro groups is 1. The SMILES string of the molecule is N#Cc1cc([N+](=O)[O-])cn(C[C@@H](O)c2cccc(F)c2)c1=O. The lowest BCUT2D eigenvalue weighted by molar-refractivity contribution is -0.385. The lowest BCUT2D eigenvalue weighted by Crippen LogP contribution is -2.25. The summed E-state index contributed by atoms with van der Waals surface area (Å²) in [7, 11) is 0. The molecule has 0 fully saturated rings. The van der Waals surface area contributed by atoms with Crippen LogP contribution in [0.15, 0.2) is 41.3 Å². The summed E-state index contributed by atoms with van der Waals surface area (Å²) in [5.41, 5.74) is -1.39. The number of aliphatic hydroxyl groups excluding tert-OH is 1. The van der Waals surface area contributed by atoms with E-state index in [2.05, 4.69) is 0 Å². The monoisotopic (exact) mass is 303 g/mol. The zero-order valence-corrected chi connectivity index (χ0v) is 11.1. The van der Waals surface area contributed by atoms with Gasteiger partial charge in [0.05, 0.1) is 23.8 Å². The van der Waals surface area contributed by atoms with Crippen LogP contribution in [0.25, 0.3) is 0 Å². The second-order valence-electron chi connectivity index (χ2n) is 4.51. The van der Waals surface area contributed by atoms with Gasteiger partial charge in [-0.05, 0) is 17.7 Å². The molecule has 1 heterocycles. The van der Waals surface area contributed by atoms with Gasteiger partial charge in [0.25, 0.3) is 11.2 Å². The van der Waals surface area contributed by atoms with E-state index in [0.29, 0.717) is 0 Å². The van der Waals surface area contributed by atoms with Crippen LogP contribution in [-0.4, -0.2) is 14.6 Å². The Morgan fingerprint density at radius 3 is 2.77 bits per heavy atom. The Morgan fingerprint density at radius 2 is 2.18 bits per heavy atom. The molecule has 0 spiro atoms. The summed E-state index contributed by atoms with van der Waals surface area (Å²) >= 11 is 0. The summed E-state index contributed by atoms with van der Waals surface area (Å²) < 4.78 is 14.0. The molecule has 112 valence electrons. The van der Waals surface area contributed by atoms with Crippen LogP contribution in [-0.2, 0) is 6.54 Å². The van der Waals surface area contributed by atoms with E-state index in [1.807, 2.05) is 0 Å². The fourth-order valence-corrected chi connectivity index (χ4v) is 1.94. The molecule has 1 aromatic heterocycles. The molecule has 0 radical (unpaired) electrons. The molecular weight excluding hydrogens is 293 g/mol. The third-order valence-corrected chi connectivity index (χ3v) is 3.01. The molecule has 0 saturated heterocycles. The molecule has 1 atom stereocenters. The van der Waals surface area contributed by atoms with Gasteiger partial charge >= 0.3 is 0 Å². The molecule has 0 saturated carbocycles. The van der Waals surface area contributed by atoms with E-state index < -0.39 is 33.7 Å². The Kier molecular flexibility index (Phi) is 4.29. The van der Waals surface area contributed by atoms with E-state index in [-0.39, 0.29) is 12.1 Å². The minimum atomic E-state index is -1.25. The predicted molar refractivity (Wildman–Crippen MR) is 73.4 cm³/mol. The van der Waals surface area contributed by atoms with Crippen molar-refractivity contribution in [3.8, 4) is 6.07 Å². The van der Waals surface area contributed by atoms with Gasteiger partial charge in [-0.2, -0.15) is 5.26 Å². The first-order valence-electron chi connectivity index (χ1n) is 6.15. The summed E-state index contributed by atoms with van der Waals surface area (Å²) in [6.45, 7) is -0.335. The Balaban J connectivity index is 2.41. The number of nitriles is 1. The molecule has 2 rings (SSSR count). The zero-order chi connectivity index (χ0) is 16.3. The highest BCUT2D eigenvalue weighted by molar-refractivity contribution is 5.37. The predicted octanol–water partition coefficient (Wildman–Crippen LogP) is 1.50. The van der Waals surface area contributed by atoms with E-state index >= 15 is 0 Å².